The second-order valence-electron chi connectivity index (χ2n) is 4.55. The molecule has 1 atom stereocenters. The maximum atomic E-state index is 10.7. The van der Waals surface area contributed by atoms with Gasteiger partial charge in [0.25, 0.3) is 0 Å². The molecule has 3 nitrogen and oxygen atoms in total. The molecule has 1 saturated heterocycles. The van der Waals surface area contributed by atoms with Crippen molar-refractivity contribution in [3.63, 3.8) is 0 Å². The second-order valence-corrected chi connectivity index (χ2v) is 6.45. The van der Waals surface area contributed by atoms with Crippen LogP contribution >= 0.6 is 11.3 Å². The smallest absolute Gasteiger partial charge is 0.0364 e. The van der Waals surface area contributed by atoms with Gasteiger partial charge in [0.2, 0.25) is 0 Å². The lowest BCUT2D eigenvalue weighted by Crippen LogP contribution is -2.27. The van der Waals surface area contributed by atoms with Crippen LogP contribution in [0, 0.1) is 5.92 Å². The lowest BCUT2D eigenvalue weighted by molar-refractivity contribution is 0.355. The van der Waals surface area contributed by atoms with Gasteiger partial charge in [-0.25, -0.2) is 0 Å². The zero-order valence-electron chi connectivity index (χ0n) is 9.81. The summed E-state index contributed by atoms with van der Waals surface area (Å²) in [5.74, 6) is 0.981. The quantitative estimate of drug-likeness (QED) is 0.835. The molecule has 5 heteroatoms. The van der Waals surface area contributed by atoms with Crippen molar-refractivity contribution in [2.45, 2.75) is 31.4 Å². The zero-order chi connectivity index (χ0) is 12.1. The first-order chi connectivity index (χ1) is 8.25. The largest absolute Gasteiger partial charge is 0.772 e. The van der Waals surface area contributed by atoms with Gasteiger partial charge in [0.05, 0.1) is 0 Å². The van der Waals surface area contributed by atoms with Crippen molar-refractivity contribution in [1.29, 1.82) is 0 Å². The van der Waals surface area contributed by atoms with Crippen molar-refractivity contribution in [1.82, 2.24) is 5.32 Å². The van der Waals surface area contributed by atoms with Gasteiger partial charge in [-0.15, -0.1) is 11.3 Å². The van der Waals surface area contributed by atoms with Crippen molar-refractivity contribution < 1.29 is 8.76 Å². The average molecular weight is 272 g/mol. The average Bonchev–Trinajstić information content (AvgIpc) is 2.74. The molecule has 0 spiro atoms. The van der Waals surface area contributed by atoms with Crippen LogP contribution in [0.3, 0.4) is 0 Å². The Labute approximate surface area is 109 Å². The van der Waals surface area contributed by atoms with Crippen molar-refractivity contribution in [2.24, 2.45) is 5.92 Å². The van der Waals surface area contributed by atoms with E-state index in [9.17, 15) is 8.76 Å². The number of nitrogens with one attached hydrogen (secondary N) is 1. The number of hydrogen-bond donors (Lipinski definition) is 1. The summed E-state index contributed by atoms with van der Waals surface area (Å²) >= 11 is -0.276. The van der Waals surface area contributed by atoms with E-state index < -0.39 is 11.1 Å². The molecule has 1 N–H and O–H groups in total. The molecule has 1 aliphatic rings. The first-order valence-electron chi connectivity index (χ1n) is 6.07. The summed E-state index contributed by atoms with van der Waals surface area (Å²) in [7, 11) is 0. The molecule has 0 bridgehead atoms. The fourth-order valence-corrected chi connectivity index (χ4v) is 3.89. The first kappa shape index (κ1) is 13.2. The van der Waals surface area contributed by atoms with E-state index in [0.29, 0.717) is 0 Å². The third kappa shape index (κ3) is 4.17. The molecule has 0 amide bonds. The van der Waals surface area contributed by atoms with Crippen LogP contribution in [0.5, 0.6) is 0 Å². The van der Waals surface area contributed by atoms with Crippen molar-refractivity contribution in [3.8, 4) is 0 Å². The number of rotatable bonds is 5. The third-order valence-electron chi connectivity index (χ3n) is 3.35. The first-order valence-corrected chi connectivity index (χ1v) is 8.20. The topological polar surface area (TPSA) is 52.2 Å². The Balaban J connectivity index is 1.85. The van der Waals surface area contributed by atoms with E-state index >= 15 is 0 Å². The van der Waals surface area contributed by atoms with Crippen LogP contribution in [-0.2, 0) is 23.3 Å². The molecule has 1 fully saturated rings. The molecule has 0 aliphatic carbocycles. The van der Waals surface area contributed by atoms with Gasteiger partial charge >= 0.3 is 0 Å². The van der Waals surface area contributed by atoms with E-state index in [2.05, 4.69) is 5.32 Å². The minimum atomic E-state index is -1.97. The Morgan fingerprint density at radius 1 is 1.47 bits per heavy atom. The number of aryl methyl sites for hydroxylation is 1. The van der Waals surface area contributed by atoms with Crippen LogP contribution in [0.15, 0.2) is 11.4 Å². The fourth-order valence-electron chi connectivity index (χ4n) is 2.35. The number of thiophene rings is 1. The Morgan fingerprint density at radius 2 is 2.24 bits per heavy atom. The highest BCUT2D eigenvalue weighted by Crippen LogP contribution is 2.24. The molecule has 1 aliphatic heterocycles. The lowest BCUT2D eigenvalue weighted by Gasteiger charge is -2.22. The summed E-state index contributed by atoms with van der Waals surface area (Å²) < 4.78 is 21.4. The lowest BCUT2D eigenvalue weighted by atomic mass is 9.92. The normalized spacial score (nSPS) is 19.4. The maximum absolute atomic E-state index is 10.7. The molecular weight excluding hydrogens is 254 g/mol. The van der Waals surface area contributed by atoms with Crippen molar-refractivity contribution >= 4 is 22.4 Å². The SMILES string of the molecule is O=S([O-])Cc1ccsc1CCC1CCNCC1. The second kappa shape index (κ2) is 6.64. The van der Waals surface area contributed by atoms with Crippen LogP contribution in [0.4, 0.5) is 0 Å². The van der Waals surface area contributed by atoms with Gasteiger partial charge < -0.3 is 9.87 Å². The minimum Gasteiger partial charge on any atom is -0.772 e. The van der Waals surface area contributed by atoms with E-state index in [0.717, 1.165) is 31.0 Å². The molecule has 1 aromatic rings. The van der Waals surface area contributed by atoms with E-state index in [1.54, 1.807) is 11.3 Å². The van der Waals surface area contributed by atoms with Gasteiger partial charge in [-0.2, -0.15) is 0 Å². The summed E-state index contributed by atoms with van der Waals surface area (Å²) in [6.45, 7) is 2.26. The molecule has 1 aromatic heterocycles. The standard InChI is InChI=1S/C12H19NO2S2/c14-17(15)9-11-5-8-16-12(11)2-1-10-3-6-13-7-4-10/h5,8,10,13H,1-4,6-7,9H2,(H,14,15)/p-1. The number of piperidine rings is 1. The Kier molecular flexibility index (Phi) is 5.16. The molecule has 17 heavy (non-hydrogen) atoms. The highest BCUT2D eigenvalue weighted by Gasteiger charge is 2.14. The van der Waals surface area contributed by atoms with Crippen LogP contribution in [0.25, 0.3) is 0 Å². The van der Waals surface area contributed by atoms with E-state index in [1.165, 1.54) is 24.1 Å². The van der Waals surface area contributed by atoms with Crippen LogP contribution in [-0.4, -0.2) is 21.9 Å². The maximum Gasteiger partial charge on any atom is 0.0364 e. The van der Waals surface area contributed by atoms with E-state index in [-0.39, 0.29) is 5.75 Å². The summed E-state index contributed by atoms with van der Waals surface area (Å²) in [6.07, 6.45) is 4.75. The molecule has 2 rings (SSSR count). The van der Waals surface area contributed by atoms with Gasteiger partial charge in [0, 0.05) is 10.6 Å². The third-order valence-corrected chi connectivity index (χ3v) is 4.92. The van der Waals surface area contributed by atoms with Crippen LogP contribution in [0.1, 0.15) is 29.7 Å². The molecule has 2 heterocycles. The summed E-state index contributed by atoms with van der Waals surface area (Å²) in [4.78, 5) is 1.26. The van der Waals surface area contributed by atoms with Gasteiger partial charge in [-0.3, -0.25) is 4.21 Å². The predicted molar refractivity (Wildman–Crippen MR) is 70.9 cm³/mol. The monoisotopic (exact) mass is 272 g/mol. The van der Waals surface area contributed by atoms with E-state index in [1.807, 2.05) is 11.4 Å². The highest BCUT2D eigenvalue weighted by atomic mass is 32.2. The van der Waals surface area contributed by atoms with Gasteiger partial charge in [0.1, 0.15) is 0 Å². The van der Waals surface area contributed by atoms with Gasteiger partial charge in [-0.1, -0.05) is 11.1 Å². The Morgan fingerprint density at radius 3 is 2.94 bits per heavy atom. The molecular formula is C12H18NO2S2-. The summed E-state index contributed by atoms with van der Waals surface area (Å²) in [6, 6.07) is 1.94. The zero-order valence-corrected chi connectivity index (χ0v) is 11.4. The highest BCUT2D eigenvalue weighted by molar-refractivity contribution is 7.78. The molecule has 0 aromatic carbocycles. The molecule has 1 unspecified atom stereocenters. The van der Waals surface area contributed by atoms with Crippen molar-refractivity contribution in [3.05, 3.63) is 21.9 Å². The summed E-state index contributed by atoms with van der Waals surface area (Å²) in [5, 5.41) is 5.37. The molecule has 96 valence electrons. The van der Waals surface area contributed by atoms with Gasteiger partial charge in [0.15, 0.2) is 0 Å². The molecule has 0 radical (unpaired) electrons. The Hall–Kier alpha value is -0.230. The fraction of sp³-hybridized carbons (Fsp3) is 0.667. The van der Waals surface area contributed by atoms with Gasteiger partial charge in [-0.05, 0) is 61.7 Å². The molecule has 0 saturated carbocycles. The van der Waals surface area contributed by atoms with Crippen molar-refractivity contribution in [2.75, 3.05) is 13.1 Å². The minimum absolute atomic E-state index is 0.172. The van der Waals surface area contributed by atoms with Crippen LogP contribution < -0.4 is 5.32 Å². The summed E-state index contributed by atoms with van der Waals surface area (Å²) in [5.41, 5.74) is 0.997. The van der Waals surface area contributed by atoms with Crippen LogP contribution in [0.2, 0.25) is 0 Å². The van der Waals surface area contributed by atoms with E-state index in [4.69, 9.17) is 0 Å². The Bertz CT molecular complexity index is 372. The predicted octanol–water partition coefficient (Wildman–Crippen LogP) is 2.06. The number of hydrogen-bond acceptors (Lipinski definition) is 4.